The molecular weight excluding hydrogens is 230 g/mol. The van der Waals surface area contributed by atoms with E-state index in [-0.39, 0.29) is 0 Å². The number of unbranched alkanes of at least 4 members (excludes halogenated alkanes) is 1. The number of allylic oxidation sites excluding steroid dienone is 1. The van der Waals surface area contributed by atoms with Crippen molar-refractivity contribution in [2.75, 3.05) is 0 Å². The minimum absolute atomic E-state index is 1.14. The SMILES string of the molecule is CCC/C=C\c1c(C)ccc2[nH]c3ccccc3c12. The topological polar surface area (TPSA) is 15.8 Å². The van der Waals surface area contributed by atoms with Crippen LogP contribution in [0.25, 0.3) is 27.9 Å². The first-order chi connectivity index (χ1) is 9.31. The van der Waals surface area contributed by atoms with Gasteiger partial charge in [0.15, 0.2) is 0 Å². The van der Waals surface area contributed by atoms with Gasteiger partial charge in [0.1, 0.15) is 0 Å². The molecule has 3 aromatic rings. The van der Waals surface area contributed by atoms with E-state index in [0.29, 0.717) is 0 Å². The number of benzene rings is 2. The second kappa shape index (κ2) is 4.93. The van der Waals surface area contributed by atoms with Crippen LogP contribution in [0, 0.1) is 6.92 Å². The van der Waals surface area contributed by atoms with E-state index in [1.165, 1.54) is 39.4 Å². The second-order valence-electron chi connectivity index (χ2n) is 5.08. The van der Waals surface area contributed by atoms with Crippen molar-refractivity contribution in [1.82, 2.24) is 4.98 Å². The Hall–Kier alpha value is -2.02. The Labute approximate surface area is 114 Å². The molecule has 0 saturated heterocycles. The molecule has 96 valence electrons. The number of para-hydroxylation sites is 1. The van der Waals surface area contributed by atoms with Crippen molar-refractivity contribution in [2.45, 2.75) is 26.7 Å². The van der Waals surface area contributed by atoms with Gasteiger partial charge in [-0.15, -0.1) is 0 Å². The fraction of sp³-hybridized carbons (Fsp3) is 0.222. The van der Waals surface area contributed by atoms with Crippen molar-refractivity contribution in [2.24, 2.45) is 0 Å². The summed E-state index contributed by atoms with van der Waals surface area (Å²) in [4.78, 5) is 3.50. The van der Waals surface area contributed by atoms with Crippen LogP contribution >= 0.6 is 0 Å². The molecule has 2 aromatic carbocycles. The normalized spacial score (nSPS) is 11.9. The summed E-state index contributed by atoms with van der Waals surface area (Å²) in [6.07, 6.45) is 6.89. The Kier molecular flexibility index (Phi) is 3.12. The maximum atomic E-state index is 3.50. The number of fused-ring (bicyclic) bond motifs is 3. The summed E-state index contributed by atoms with van der Waals surface area (Å²) in [5, 5.41) is 2.67. The fourth-order valence-electron chi connectivity index (χ4n) is 2.66. The number of nitrogens with one attached hydrogen (secondary N) is 1. The first kappa shape index (κ1) is 12.0. The lowest BCUT2D eigenvalue weighted by Gasteiger charge is -2.03. The molecule has 1 nitrogen and oxygen atoms in total. The predicted molar refractivity (Wildman–Crippen MR) is 84.5 cm³/mol. The summed E-state index contributed by atoms with van der Waals surface area (Å²) in [5.74, 6) is 0. The second-order valence-corrected chi connectivity index (χ2v) is 5.08. The summed E-state index contributed by atoms with van der Waals surface area (Å²) in [6.45, 7) is 4.40. The van der Waals surface area contributed by atoms with E-state index >= 15 is 0 Å². The predicted octanol–water partition coefficient (Wildman–Crippen LogP) is 5.44. The number of aromatic nitrogens is 1. The summed E-state index contributed by atoms with van der Waals surface area (Å²) in [6, 6.07) is 12.9. The number of hydrogen-bond acceptors (Lipinski definition) is 0. The minimum Gasteiger partial charge on any atom is -0.354 e. The standard InChI is InChI=1S/C18H19N/c1-3-4-5-8-14-13(2)11-12-17-18(14)15-9-6-7-10-16(15)19-17/h5-12,19H,3-4H2,1-2H3/b8-5-. The summed E-state index contributed by atoms with van der Waals surface area (Å²) in [7, 11) is 0. The smallest absolute Gasteiger partial charge is 0.0471 e. The van der Waals surface area contributed by atoms with E-state index in [9.17, 15) is 0 Å². The van der Waals surface area contributed by atoms with E-state index in [0.717, 1.165) is 6.42 Å². The molecule has 0 aliphatic carbocycles. The van der Waals surface area contributed by atoms with E-state index in [2.05, 4.69) is 67.4 Å². The number of aryl methyl sites for hydroxylation is 1. The highest BCUT2D eigenvalue weighted by atomic mass is 14.7. The largest absolute Gasteiger partial charge is 0.354 e. The molecule has 3 rings (SSSR count). The molecule has 0 aliphatic rings. The molecule has 0 spiro atoms. The van der Waals surface area contributed by atoms with Crippen LogP contribution in [0.15, 0.2) is 42.5 Å². The summed E-state index contributed by atoms with van der Waals surface area (Å²) >= 11 is 0. The van der Waals surface area contributed by atoms with Gasteiger partial charge in [-0.2, -0.15) is 0 Å². The van der Waals surface area contributed by atoms with Crippen molar-refractivity contribution in [3.63, 3.8) is 0 Å². The van der Waals surface area contributed by atoms with Crippen LogP contribution in [-0.4, -0.2) is 4.98 Å². The Morgan fingerprint density at radius 1 is 1.05 bits per heavy atom. The molecule has 1 heterocycles. The number of H-pyrrole nitrogens is 1. The Morgan fingerprint density at radius 2 is 1.89 bits per heavy atom. The summed E-state index contributed by atoms with van der Waals surface area (Å²) < 4.78 is 0. The van der Waals surface area contributed by atoms with Gasteiger partial charge in [-0.1, -0.05) is 49.8 Å². The molecule has 0 unspecified atom stereocenters. The van der Waals surface area contributed by atoms with Crippen molar-refractivity contribution < 1.29 is 0 Å². The first-order valence-electron chi connectivity index (χ1n) is 6.98. The Bertz CT molecular complexity index is 747. The zero-order valence-corrected chi connectivity index (χ0v) is 11.5. The average Bonchev–Trinajstić information content (AvgIpc) is 2.80. The molecule has 0 atom stereocenters. The third-order valence-corrected chi connectivity index (χ3v) is 3.67. The Balaban J connectivity index is 2.31. The van der Waals surface area contributed by atoms with Gasteiger partial charge in [-0.3, -0.25) is 0 Å². The number of hydrogen-bond donors (Lipinski definition) is 1. The summed E-state index contributed by atoms with van der Waals surface area (Å²) in [5.41, 5.74) is 5.13. The molecule has 1 N–H and O–H groups in total. The average molecular weight is 249 g/mol. The number of aromatic amines is 1. The maximum Gasteiger partial charge on any atom is 0.0471 e. The van der Waals surface area contributed by atoms with Gasteiger partial charge < -0.3 is 4.98 Å². The van der Waals surface area contributed by atoms with Gasteiger partial charge in [0.05, 0.1) is 0 Å². The molecule has 0 radical (unpaired) electrons. The van der Waals surface area contributed by atoms with Crippen LogP contribution in [-0.2, 0) is 0 Å². The maximum absolute atomic E-state index is 3.50. The lowest BCUT2D eigenvalue weighted by atomic mass is 10.0. The zero-order chi connectivity index (χ0) is 13.2. The quantitative estimate of drug-likeness (QED) is 0.636. The van der Waals surface area contributed by atoms with Crippen LogP contribution in [0.5, 0.6) is 0 Å². The van der Waals surface area contributed by atoms with Crippen LogP contribution < -0.4 is 0 Å². The Morgan fingerprint density at radius 3 is 2.74 bits per heavy atom. The highest BCUT2D eigenvalue weighted by Crippen LogP contribution is 2.31. The monoisotopic (exact) mass is 249 g/mol. The molecule has 0 aliphatic heterocycles. The van der Waals surface area contributed by atoms with Gasteiger partial charge in [0.25, 0.3) is 0 Å². The van der Waals surface area contributed by atoms with Crippen molar-refractivity contribution in [3.8, 4) is 0 Å². The van der Waals surface area contributed by atoms with Gasteiger partial charge in [-0.25, -0.2) is 0 Å². The van der Waals surface area contributed by atoms with Crippen molar-refractivity contribution >= 4 is 27.9 Å². The molecule has 0 amide bonds. The molecule has 19 heavy (non-hydrogen) atoms. The van der Waals surface area contributed by atoms with Crippen LogP contribution in [0.1, 0.15) is 30.9 Å². The molecule has 1 heteroatoms. The lowest BCUT2D eigenvalue weighted by molar-refractivity contribution is 0.962. The van der Waals surface area contributed by atoms with Crippen molar-refractivity contribution in [1.29, 1.82) is 0 Å². The van der Waals surface area contributed by atoms with E-state index in [1.54, 1.807) is 0 Å². The van der Waals surface area contributed by atoms with Gasteiger partial charge in [0.2, 0.25) is 0 Å². The molecule has 1 aromatic heterocycles. The third-order valence-electron chi connectivity index (χ3n) is 3.67. The molecular formula is C18H19N. The van der Waals surface area contributed by atoms with E-state index in [1.807, 2.05) is 0 Å². The number of rotatable bonds is 3. The molecule has 0 saturated carbocycles. The molecule has 0 bridgehead atoms. The van der Waals surface area contributed by atoms with E-state index in [4.69, 9.17) is 0 Å². The van der Waals surface area contributed by atoms with Crippen LogP contribution in [0.2, 0.25) is 0 Å². The van der Waals surface area contributed by atoms with Crippen LogP contribution in [0.3, 0.4) is 0 Å². The van der Waals surface area contributed by atoms with Gasteiger partial charge in [-0.05, 0) is 36.6 Å². The molecule has 0 fully saturated rings. The minimum atomic E-state index is 1.14. The fourth-order valence-corrected chi connectivity index (χ4v) is 2.66. The lowest BCUT2D eigenvalue weighted by Crippen LogP contribution is -1.82. The van der Waals surface area contributed by atoms with Crippen molar-refractivity contribution in [3.05, 3.63) is 53.6 Å². The highest BCUT2D eigenvalue weighted by Gasteiger charge is 2.08. The zero-order valence-electron chi connectivity index (χ0n) is 11.5. The van der Waals surface area contributed by atoms with Gasteiger partial charge >= 0.3 is 0 Å². The van der Waals surface area contributed by atoms with Crippen LogP contribution in [0.4, 0.5) is 0 Å². The third kappa shape index (κ3) is 2.06. The van der Waals surface area contributed by atoms with E-state index < -0.39 is 0 Å². The van der Waals surface area contributed by atoms with Gasteiger partial charge in [0, 0.05) is 21.8 Å². The highest BCUT2D eigenvalue weighted by molar-refractivity contribution is 6.11. The first-order valence-corrected chi connectivity index (χ1v) is 6.98.